The molecule has 0 saturated heterocycles. The highest BCUT2D eigenvalue weighted by atomic mass is 16.4. The van der Waals surface area contributed by atoms with E-state index in [2.05, 4.69) is 20.8 Å². The fourth-order valence-electron chi connectivity index (χ4n) is 0.785. The molecule has 0 atom stereocenters. The Labute approximate surface area is 65.9 Å². The molecule has 1 heterocycles. The predicted molar refractivity (Wildman–Crippen MR) is 43.7 cm³/mol. The number of rotatable bonds is 0. The van der Waals surface area contributed by atoms with Crippen molar-refractivity contribution in [3.63, 3.8) is 0 Å². The van der Waals surface area contributed by atoms with E-state index in [0.717, 1.165) is 5.56 Å². The molecule has 60 valence electrons. The van der Waals surface area contributed by atoms with Crippen LogP contribution in [0.25, 0.3) is 0 Å². The normalized spacial score (nSPS) is 11.5. The van der Waals surface area contributed by atoms with E-state index in [1.807, 2.05) is 0 Å². The van der Waals surface area contributed by atoms with E-state index in [0.29, 0.717) is 0 Å². The summed E-state index contributed by atoms with van der Waals surface area (Å²) in [5.41, 5.74) is 0.798. The van der Waals surface area contributed by atoms with Crippen LogP contribution in [0.2, 0.25) is 0 Å². The van der Waals surface area contributed by atoms with E-state index in [9.17, 15) is 4.79 Å². The summed E-state index contributed by atoms with van der Waals surface area (Å²) >= 11 is 0. The molecule has 0 radical (unpaired) electrons. The molecular weight excluding hydrogens is 140 g/mol. The van der Waals surface area contributed by atoms with Gasteiger partial charge in [-0.3, -0.25) is 0 Å². The van der Waals surface area contributed by atoms with Crippen LogP contribution in [0.1, 0.15) is 26.3 Å². The van der Waals surface area contributed by atoms with Crippen molar-refractivity contribution in [3.8, 4) is 0 Å². The van der Waals surface area contributed by atoms with Gasteiger partial charge in [-0.1, -0.05) is 20.8 Å². The van der Waals surface area contributed by atoms with Crippen molar-refractivity contribution in [2.24, 2.45) is 0 Å². The second kappa shape index (κ2) is 2.53. The molecule has 2 nitrogen and oxygen atoms in total. The van der Waals surface area contributed by atoms with Gasteiger partial charge in [-0.15, -0.1) is 0 Å². The minimum absolute atomic E-state index is 0.0528. The standard InChI is InChI=1S/C9H12O2/c1-9(2,3)7-4-5-8(10)11-6-7/h4-6H,1-3H3. The van der Waals surface area contributed by atoms with Crippen LogP contribution in [0.4, 0.5) is 0 Å². The van der Waals surface area contributed by atoms with Crippen molar-refractivity contribution >= 4 is 0 Å². The van der Waals surface area contributed by atoms with Crippen molar-refractivity contribution in [2.45, 2.75) is 26.2 Å². The second-order valence-corrected chi connectivity index (χ2v) is 3.59. The highest BCUT2D eigenvalue weighted by Gasteiger charge is 2.13. The van der Waals surface area contributed by atoms with Crippen LogP contribution in [0, 0.1) is 0 Å². The minimum atomic E-state index is -0.294. The lowest BCUT2D eigenvalue weighted by Gasteiger charge is -2.16. The van der Waals surface area contributed by atoms with Crippen LogP contribution >= 0.6 is 0 Å². The van der Waals surface area contributed by atoms with Gasteiger partial charge in [-0.25, -0.2) is 4.79 Å². The van der Waals surface area contributed by atoms with E-state index in [-0.39, 0.29) is 11.0 Å². The topological polar surface area (TPSA) is 30.2 Å². The van der Waals surface area contributed by atoms with E-state index in [1.165, 1.54) is 12.3 Å². The van der Waals surface area contributed by atoms with E-state index >= 15 is 0 Å². The Balaban J connectivity index is 3.09. The van der Waals surface area contributed by atoms with Crippen LogP contribution < -0.4 is 5.63 Å². The molecule has 0 saturated carbocycles. The average Bonchev–Trinajstić information content (AvgIpc) is 1.86. The van der Waals surface area contributed by atoms with Gasteiger partial charge in [0.05, 0.1) is 6.26 Å². The Morgan fingerprint density at radius 3 is 2.27 bits per heavy atom. The second-order valence-electron chi connectivity index (χ2n) is 3.59. The molecule has 0 aliphatic heterocycles. The molecule has 1 rings (SSSR count). The molecule has 2 heteroatoms. The molecule has 0 aromatic carbocycles. The third-order valence-electron chi connectivity index (χ3n) is 1.57. The first kappa shape index (κ1) is 8.05. The van der Waals surface area contributed by atoms with Gasteiger partial charge < -0.3 is 4.42 Å². The molecule has 0 aliphatic rings. The van der Waals surface area contributed by atoms with Gasteiger partial charge >= 0.3 is 5.63 Å². The predicted octanol–water partition coefficient (Wildman–Crippen LogP) is 1.94. The molecule has 1 aromatic rings. The van der Waals surface area contributed by atoms with Crippen LogP contribution in [0.15, 0.2) is 27.6 Å². The quantitative estimate of drug-likeness (QED) is 0.568. The maximum absolute atomic E-state index is 10.6. The zero-order chi connectivity index (χ0) is 8.48. The zero-order valence-corrected chi connectivity index (χ0v) is 7.05. The maximum atomic E-state index is 10.6. The summed E-state index contributed by atoms with van der Waals surface area (Å²) in [5, 5.41) is 0. The fraction of sp³-hybridized carbons (Fsp3) is 0.444. The van der Waals surface area contributed by atoms with Crippen molar-refractivity contribution in [1.29, 1.82) is 0 Å². The lowest BCUT2D eigenvalue weighted by atomic mass is 9.89. The van der Waals surface area contributed by atoms with Crippen molar-refractivity contribution in [3.05, 3.63) is 34.4 Å². The van der Waals surface area contributed by atoms with Crippen molar-refractivity contribution in [2.75, 3.05) is 0 Å². The number of hydrogen-bond donors (Lipinski definition) is 0. The zero-order valence-electron chi connectivity index (χ0n) is 7.05. The van der Waals surface area contributed by atoms with Gasteiger partial charge in [0.1, 0.15) is 0 Å². The molecule has 0 amide bonds. The van der Waals surface area contributed by atoms with Crippen molar-refractivity contribution < 1.29 is 4.42 Å². The van der Waals surface area contributed by atoms with Gasteiger partial charge in [-0.05, 0) is 17.0 Å². The highest BCUT2D eigenvalue weighted by molar-refractivity contribution is 5.16. The summed E-state index contributed by atoms with van der Waals surface area (Å²) < 4.78 is 4.73. The van der Waals surface area contributed by atoms with Crippen LogP contribution in [-0.2, 0) is 5.41 Å². The SMILES string of the molecule is CC(C)(C)c1ccc(=O)oc1. The Morgan fingerprint density at radius 2 is 1.91 bits per heavy atom. The summed E-state index contributed by atoms with van der Waals surface area (Å²) in [4.78, 5) is 10.6. The average molecular weight is 152 g/mol. The molecule has 0 bridgehead atoms. The fourth-order valence-corrected chi connectivity index (χ4v) is 0.785. The summed E-state index contributed by atoms with van der Waals surface area (Å²) in [7, 11) is 0. The van der Waals surface area contributed by atoms with E-state index in [4.69, 9.17) is 4.42 Å². The smallest absolute Gasteiger partial charge is 0.335 e. The van der Waals surface area contributed by atoms with Crippen LogP contribution in [0.3, 0.4) is 0 Å². The Kier molecular flexibility index (Phi) is 1.85. The Bertz CT molecular complexity index is 271. The molecule has 0 fully saturated rings. The molecule has 1 aromatic heterocycles. The van der Waals surface area contributed by atoms with Gasteiger partial charge in [0.2, 0.25) is 0 Å². The van der Waals surface area contributed by atoms with Gasteiger partial charge in [-0.2, -0.15) is 0 Å². The Morgan fingerprint density at radius 1 is 1.27 bits per heavy atom. The minimum Gasteiger partial charge on any atom is -0.431 e. The first-order valence-electron chi connectivity index (χ1n) is 3.59. The van der Waals surface area contributed by atoms with E-state index < -0.39 is 0 Å². The highest BCUT2D eigenvalue weighted by Crippen LogP contribution is 2.19. The van der Waals surface area contributed by atoms with Gasteiger partial charge in [0.15, 0.2) is 0 Å². The summed E-state index contributed by atoms with van der Waals surface area (Å²) in [6, 6.07) is 3.24. The maximum Gasteiger partial charge on any atom is 0.335 e. The Hall–Kier alpha value is -1.05. The summed E-state index contributed by atoms with van der Waals surface area (Å²) in [6.45, 7) is 6.22. The third kappa shape index (κ3) is 1.93. The molecule has 0 aliphatic carbocycles. The lowest BCUT2D eigenvalue weighted by molar-refractivity contribution is 0.477. The van der Waals surface area contributed by atoms with Crippen LogP contribution in [0.5, 0.6) is 0 Å². The summed E-state index contributed by atoms with van der Waals surface area (Å²) in [5.74, 6) is 0. The summed E-state index contributed by atoms with van der Waals surface area (Å²) in [6.07, 6.45) is 1.52. The first-order valence-corrected chi connectivity index (χ1v) is 3.59. The van der Waals surface area contributed by atoms with Crippen LogP contribution in [-0.4, -0.2) is 0 Å². The van der Waals surface area contributed by atoms with Gasteiger partial charge in [0, 0.05) is 6.07 Å². The lowest BCUT2D eigenvalue weighted by Crippen LogP contribution is -2.12. The van der Waals surface area contributed by atoms with E-state index in [1.54, 1.807) is 6.07 Å². The molecule has 11 heavy (non-hydrogen) atoms. The van der Waals surface area contributed by atoms with Crippen molar-refractivity contribution in [1.82, 2.24) is 0 Å². The molecular formula is C9H12O2. The molecule has 0 spiro atoms. The number of hydrogen-bond acceptors (Lipinski definition) is 2. The third-order valence-corrected chi connectivity index (χ3v) is 1.57. The first-order chi connectivity index (χ1) is 5.00. The van der Waals surface area contributed by atoms with Gasteiger partial charge in [0.25, 0.3) is 0 Å². The molecule has 0 N–H and O–H groups in total. The molecule has 0 unspecified atom stereocenters. The largest absolute Gasteiger partial charge is 0.431 e. The monoisotopic (exact) mass is 152 g/mol.